The van der Waals surface area contributed by atoms with Gasteiger partial charge in [0.2, 0.25) is 5.84 Å². The van der Waals surface area contributed by atoms with E-state index in [1.807, 2.05) is 25.1 Å². The summed E-state index contributed by atoms with van der Waals surface area (Å²) in [6.45, 7) is 0.738. The molecule has 0 bridgehead atoms. The molecule has 0 aromatic heterocycles. The Bertz CT molecular complexity index is 884. The van der Waals surface area contributed by atoms with Crippen molar-refractivity contribution in [2.24, 2.45) is 5.10 Å². The number of nitrogens with one attached hydrogen (secondary N) is 1. The summed E-state index contributed by atoms with van der Waals surface area (Å²) in [5.41, 5.74) is 4.04. The number of esters is 1. The Morgan fingerprint density at radius 2 is 1.96 bits per heavy atom. The largest absolute Gasteiger partial charge is 0.458 e. The van der Waals surface area contributed by atoms with E-state index in [9.17, 15) is 9.59 Å². The molecule has 2 aromatic rings. The molecule has 1 aliphatic rings. The predicted octanol–water partition coefficient (Wildman–Crippen LogP) is 2.83. The summed E-state index contributed by atoms with van der Waals surface area (Å²) in [4.78, 5) is 29.0. The van der Waals surface area contributed by atoms with Crippen molar-refractivity contribution >= 4 is 40.7 Å². The van der Waals surface area contributed by atoms with E-state index in [0.29, 0.717) is 28.5 Å². The average Bonchev–Trinajstić information content (AvgIpc) is 2.79. The number of amides is 1. The number of para-hydroxylation sites is 1. The third-order valence-electron chi connectivity index (χ3n) is 3.88. The number of anilines is 2. The number of likely N-dealkylation sites (N-methyl/N-ethyl adjacent to an activating group) is 1. The van der Waals surface area contributed by atoms with Crippen LogP contribution in [0.1, 0.15) is 10.4 Å². The molecule has 1 heterocycles. The fourth-order valence-corrected chi connectivity index (χ4v) is 2.68. The third-order valence-corrected chi connectivity index (χ3v) is 4.11. The maximum atomic E-state index is 13.2. The molecule has 0 saturated heterocycles. The first-order valence-corrected chi connectivity index (χ1v) is 8.70. The van der Waals surface area contributed by atoms with Gasteiger partial charge in [-0.1, -0.05) is 29.8 Å². The molecule has 7 nitrogen and oxygen atoms in total. The lowest BCUT2D eigenvalue weighted by molar-refractivity contribution is -0.135. The van der Waals surface area contributed by atoms with Crippen LogP contribution < -0.4 is 10.3 Å². The zero-order valence-electron chi connectivity index (χ0n) is 15.0. The van der Waals surface area contributed by atoms with E-state index in [-0.39, 0.29) is 12.4 Å². The van der Waals surface area contributed by atoms with E-state index in [1.54, 1.807) is 36.4 Å². The van der Waals surface area contributed by atoms with Crippen LogP contribution in [0.3, 0.4) is 0 Å². The number of rotatable bonds is 5. The van der Waals surface area contributed by atoms with Crippen LogP contribution in [0.5, 0.6) is 0 Å². The van der Waals surface area contributed by atoms with Crippen molar-refractivity contribution in [2.45, 2.75) is 0 Å². The Morgan fingerprint density at radius 3 is 2.67 bits per heavy atom. The minimum absolute atomic E-state index is 0.141. The summed E-state index contributed by atoms with van der Waals surface area (Å²) < 4.78 is 5.30. The van der Waals surface area contributed by atoms with Crippen LogP contribution in [0.4, 0.5) is 11.4 Å². The molecular weight excluding hydrogens is 368 g/mol. The highest BCUT2D eigenvalue weighted by Gasteiger charge is 2.33. The predicted molar refractivity (Wildman–Crippen MR) is 105 cm³/mol. The Hall–Kier alpha value is -2.90. The van der Waals surface area contributed by atoms with Crippen molar-refractivity contribution in [1.82, 2.24) is 4.90 Å². The lowest BCUT2D eigenvalue weighted by atomic mass is 10.1. The number of amidine groups is 1. The van der Waals surface area contributed by atoms with Gasteiger partial charge in [0.05, 0.1) is 16.9 Å². The summed E-state index contributed by atoms with van der Waals surface area (Å²) in [6, 6.07) is 13.6. The van der Waals surface area contributed by atoms with Crippen LogP contribution in [0.15, 0.2) is 53.6 Å². The zero-order chi connectivity index (χ0) is 19.4. The maximum absolute atomic E-state index is 13.2. The second-order valence-electron chi connectivity index (χ2n) is 6.15. The molecule has 0 unspecified atom stereocenters. The van der Waals surface area contributed by atoms with Gasteiger partial charge in [-0.2, -0.15) is 0 Å². The van der Waals surface area contributed by atoms with E-state index >= 15 is 0 Å². The first-order chi connectivity index (χ1) is 13.0. The molecule has 1 amide bonds. The van der Waals surface area contributed by atoms with Gasteiger partial charge >= 0.3 is 5.97 Å². The SMILES string of the molecule is CN(C)CCOC(=O)C1=NNc2ccc(Cl)cc2C(=O)N1c1ccccc1. The fraction of sp³-hybridized carbons (Fsp3) is 0.211. The summed E-state index contributed by atoms with van der Waals surface area (Å²) in [7, 11) is 3.75. The molecule has 0 aliphatic carbocycles. The third kappa shape index (κ3) is 4.27. The summed E-state index contributed by atoms with van der Waals surface area (Å²) in [6.07, 6.45) is 0. The van der Waals surface area contributed by atoms with Gasteiger partial charge < -0.3 is 9.64 Å². The first-order valence-electron chi connectivity index (χ1n) is 8.32. The molecule has 0 fully saturated rings. The number of fused-ring (bicyclic) bond motifs is 1. The van der Waals surface area contributed by atoms with Crippen molar-refractivity contribution in [1.29, 1.82) is 0 Å². The van der Waals surface area contributed by atoms with E-state index in [1.165, 1.54) is 11.0 Å². The second-order valence-corrected chi connectivity index (χ2v) is 6.59. The van der Waals surface area contributed by atoms with Crippen LogP contribution in [-0.2, 0) is 9.53 Å². The van der Waals surface area contributed by atoms with Gasteiger partial charge in [0.15, 0.2) is 0 Å². The molecule has 0 spiro atoms. The Morgan fingerprint density at radius 1 is 1.22 bits per heavy atom. The highest BCUT2D eigenvalue weighted by atomic mass is 35.5. The molecule has 27 heavy (non-hydrogen) atoms. The lowest BCUT2D eigenvalue weighted by Gasteiger charge is -2.21. The minimum Gasteiger partial charge on any atom is -0.458 e. The van der Waals surface area contributed by atoms with Gasteiger partial charge in [-0.25, -0.2) is 4.79 Å². The number of hydrazone groups is 1. The topological polar surface area (TPSA) is 74.2 Å². The van der Waals surface area contributed by atoms with E-state index in [4.69, 9.17) is 16.3 Å². The maximum Gasteiger partial charge on any atom is 0.376 e. The standard InChI is InChI=1S/C19H19ClN4O3/c1-23(2)10-11-27-19(26)17-22-21-16-9-8-13(20)12-15(16)18(25)24(17)14-6-4-3-5-7-14/h3-9,12,21H,10-11H2,1-2H3. The van der Waals surface area contributed by atoms with Gasteiger partial charge in [0.25, 0.3) is 5.91 Å². The molecule has 8 heteroatoms. The smallest absolute Gasteiger partial charge is 0.376 e. The van der Waals surface area contributed by atoms with Crippen LogP contribution in [0.2, 0.25) is 5.02 Å². The van der Waals surface area contributed by atoms with Crippen molar-refractivity contribution in [2.75, 3.05) is 37.6 Å². The van der Waals surface area contributed by atoms with Gasteiger partial charge in [0, 0.05) is 11.6 Å². The lowest BCUT2D eigenvalue weighted by Crippen LogP contribution is -2.42. The first kappa shape index (κ1) is 18.9. The van der Waals surface area contributed by atoms with E-state index in [0.717, 1.165) is 0 Å². The zero-order valence-corrected chi connectivity index (χ0v) is 15.7. The number of nitrogens with zero attached hydrogens (tertiary/aromatic N) is 3. The van der Waals surface area contributed by atoms with Gasteiger partial charge in [-0.3, -0.25) is 15.1 Å². The highest BCUT2D eigenvalue weighted by Crippen LogP contribution is 2.28. The van der Waals surface area contributed by atoms with Crippen LogP contribution in [0, 0.1) is 0 Å². The molecule has 0 radical (unpaired) electrons. The van der Waals surface area contributed by atoms with Crippen LogP contribution in [0.25, 0.3) is 0 Å². The Balaban J connectivity index is 1.99. The molecule has 0 saturated carbocycles. The molecule has 1 N–H and O–H groups in total. The fourth-order valence-electron chi connectivity index (χ4n) is 2.51. The molecular formula is C19H19ClN4O3. The van der Waals surface area contributed by atoms with Crippen molar-refractivity contribution in [3.8, 4) is 0 Å². The van der Waals surface area contributed by atoms with Crippen molar-refractivity contribution < 1.29 is 14.3 Å². The van der Waals surface area contributed by atoms with Gasteiger partial charge in [-0.15, -0.1) is 5.10 Å². The molecule has 2 aromatic carbocycles. The Kier molecular flexibility index (Phi) is 5.73. The normalized spacial score (nSPS) is 13.6. The number of carbonyl (C=O) groups excluding carboxylic acids is 2. The van der Waals surface area contributed by atoms with E-state index < -0.39 is 11.9 Å². The van der Waals surface area contributed by atoms with E-state index in [2.05, 4.69) is 10.5 Å². The summed E-state index contributed by atoms with van der Waals surface area (Å²) >= 11 is 6.05. The van der Waals surface area contributed by atoms with Crippen LogP contribution >= 0.6 is 11.6 Å². The van der Waals surface area contributed by atoms with Crippen LogP contribution in [-0.4, -0.2) is 49.9 Å². The summed E-state index contributed by atoms with van der Waals surface area (Å²) in [5, 5.41) is 4.55. The van der Waals surface area contributed by atoms with Gasteiger partial charge in [0.1, 0.15) is 6.61 Å². The molecule has 3 rings (SSSR count). The van der Waals surface area contributed by atoms with Gasteiger partial charge in [-0.05, 0) is 44.4 Å². The van der Waals surface area contributed by atoms with Crippen molar-refractivity contribution in [3.63, 3.8) is 0 Å². The highest BCUT2D eigenvalue weighted by molar-refractivity contribution is 6.48. The molecule has 1 aliphatic heterocycles. The monoisotopic (exact) mass is 386 g/mol. The molecule has 140 valence electrons. The number of carbonyl (C=O) groups is 2. The van der Waals surface area contributed by atoms with Crippen molar-refractivity contribution in [3.05, 3.63) is 59.1 Å². The number of halogens is 1. The summed E-state index contributed by atoms with van der Waals surface area (Å²) in [5.74, 6) is -1.26. The Labute approximate surface area is 162 Å². The quantitative estimate of drug-likeness (QED) is 0.800. The second kappa shape index (κ2) is 8.20. The number of hydrogen-bond acceptors (Lipinski definition) is 6. The number of ether oxygens (including phenoxy) is 1. The minimum atomic E-state index is -0.694. The average molecular weight is 387 g/mol. The molecule has 0 atom stereocenters. The number of benzene rings is 2. The number of hydrogen-bond donors (Lipinski definition) is 1.